The number of rotatable bonds is 4. The van der Waals surface area contributed by atoms with Crippen LogP contribution in [0.25, 0.3) is 5.76 Å². The Morgan fingerprint density at radius 2 is 1.82 bits per heavy atom. The van der Waals surface area contributed by atoms with Gasteiger partial charge in [0.25, 0.3) is 5.91 Å². The van der Waals surface area contributed by atoms with Gasteiger partial charge in [-0.1, -0.05) is 13.8 Å². The summed E-state index contributed by atoms with van der Waals surface area (Å²) in [6.45, 7) is 3.24. The second kappa shape index (κ2) is 7.88. The molecule has 1 aromatic rings. The van der Waals surface area contributed by atoms with Crippen molar-refractivity contribution in [3.05, 3.63) is 45.2 Å². The molecule has 4 rings (SSSR count). The minimum atomic E-state index is -2.72. The molecular formula is C23H24F2N2O7. The van der Waals surface area contributed by atoms with Gasteiger partial charge in [-0.15, -0.1) is 0 Å². The fourth-order valence-corrected chi connectivity index (χ4v) is 5.20. The maximum Gasteiger partial charge on any atom is 0.255 e. The van der Waals surface area contributed by atoms with Crippen LogP contribution in [-0.4, -0.2) is 49.5 Å². The minimum Gasteiger partial charge on any atom is -0.508 e. The smallest absolute Gasteiger partial charge is 0.255 e. The summed E-state index contributed by atoms with van der Waals surface area (Å²) in [4.78, 5) is 37.4. The third kappa shape index (κ3) is 3.14. The Kier molecular flexibility index (Phi) is 5.52. The first-order valence-electron chi connectivity index (χ1n) is 10.7. The summed E-state index contributed by atoms with van der Waals surface area (Å²) in [5.74, 6) is -10.9. The van der Waals surface area contributed by atoms with E-state index in [1.54, 1.807) is 13.8 Å². The van der Waals surface area contributed by atoms with E-state index in [1.165, 1.54) is 0 Å². The lowest BCUT2D eigenvalue weighted by Gasteiger charge is -2.46. The molecule has 3 aliphatic rings. The molecule has 9 nitrogen and oxygen atoms in total. The number of fused-ring (bicyclic) bond motifs is 3. The predicted molar refractivity (Wildman–Crippen MR) is 113 cm³/mol. The number of hydrogen-bond acceptors (Lipinski definition) is 8. The molecule has 0 heterocycles. The van der Waals surface area contributed by atoms with Gasteiger partial charge in [0.2, 0.25) is 5.78 Å². The van der Waals surface area contributed by atoms with Gasteiger partial charge >= 0.3 is 0 Å². The molecule has 1 fully saturated rings. The molecule has 0 spiro atoms. The zero-order chi connectivity index (χ0) is 25.3. The molecule has 34 heavy (non-hydrogen) atoms. The van der Waals surface area contributed by atoms with E-state index in [0.717, 1.165) is 0 Å². The molecule has 1 unspecified atom stereocenters. The van der Waals surface area contributed by atoms with Crippen LogP contribution in [0.15, 0.2) is 16.9 Å². The van der Waals surface area contributed by atoms with Crippen LogP contribution in [0, 0.1) is 23.5 Å². The molecular weight excluding hydrogens is 454 g/mol. The number of aromatic hydroxyl groups is 1. The SMILES string of the molecule is CC(C)NCc1c(O)c2c(c(F)c1F)CC1C[C@H]3CC(=O)C(C(N)=O)=C(O)[C@@]3(O)C(=O)C1=C2O. The van der Waals surface area contributed by atoms with Gasteiger partial charge in [-0.25, -0.2) is 8.78 Å². The topological polar surface area (TPSA) is 170 Å². The third-order valence-electron chi connectivity index (χ3n) is 6.89. The van der Waals surface area contributed by atoms with Crippen LogP contribution in [0.3, 0.4) is 0 Å². The summed E-state index contributed by atoms with van der Waals surface area (Å²) < 4.78 is 29.8. The minimum absolute atomic E-state index is 0.136. The molecule has 0 radical (unpaired) electrons. The van der Waals surface area contributed by atoms with Crippen LogP contribution < -0.4 is 11.1 Å². The van der Waals surface area contributed by atoms with Crippen LogP contribution >= 0.6 is 0 Å². The number of carbonyl (C=O) groups excluding carboxylic acids is 3. The molecule has 1 amide bonds. The molecule has 7 N–H and O–H groups in total. The summed E-state index contributed by atoms with van der Waals surface area (Å²) in [6.07, 6.45) is -0.964. The standard InChI is InChI=1S/C23H24F2N2O7/c1-7(2)27-6-11-17(25)16(24)10-4-8-3-9-5-12(28)15(22(26)33)21(32)23(9,34)20(31)13(8)19(30)14(10)18(11)29/h7-9,27,29-30,32,34H,3-6H2,1-2H3,(H2,26,33)/t8?,9-,23-/m0/s1. The van der Waals surface area contributed by atoms with Gasteiger partial charge in [0.1, 0.15) is 22.8 Å². The quantitative estimate of drug-likeness (QED) is 0.351. The van der Waals surface area contributed by atoms with Crippen molar-refractivity contribution in [1.29, 1.82) is 0 Å². The first-order valence-corrected chi connectivity index (χ1v) is 10.7. The molecule has 0 bridgehead atoms. The molecule has 3 atom stereocenters. The number of aliphatic hydroxyl groups is 3. The van der Waals surface area contributed by atoms with Crippen LogP contribution in [0.5, 0.6) is 5.75 Å². The number of primary amides is 1. The molecule has 1 saturated carbocycles. The Balaban J connectivity index is 1.91. The molecule has 0 aliphatic heterocycles. The van der Waals surface area contributed by atoms with E-state index >= 15 is 4.39 Å². The number of aliphatic hydroxyl groups excluding tert-OH is 2. The van der Waals surface area contributed by atoms with Crippen molar-refractivity contribution in [2.24, 2.45) is 17.6 Å². The molecule has 0 saturated heterocycles. The van der Waals surface area contributed by atoms with Gasteiger partial charge in [0.05, 0.1) is 5.56 Å². The summed E-state index contributed by atoms with van der Waals surface area (Å²) in [7, 11) is 0. The number of nitrogens with one attached hydrogen (secondary N) is 1. The van der Waals surface area contributed by atoms with E-state index in [2.05, 4.69) is 5.32 Å². The highest BCUT2D eigenvalue weighted by Crippen LogP contribution is 2.52. The first-order chi connectivity index (χ1) is 15.8. The second-order valence-electron chi connectivity index (χ2n) is 9.25. The Morgan fingerprint density at radius 1 is 1.18 bits per heavy atom. The largest absolute Gasteiger partial charge is 0.508 e. The average Bonchev–Trinajstić information content (AvgIpc) is 2.74. The van der Waals surface area contributed by atoms with E-state index in [1.807, 2.05) is 0 Å². The number of nitrogens with two attached hydrogens (primary N) is 1. The molecule has 1 aromatic carbocycles. The normalized spacial score (nSPS) is 26.5. The zero-order valence-electron chi connectivity index (χ0n) is 18.4. The van der Waals surface area contributed by atoms with E-state index in [9.17, 15) is 39.2 Å². The van der Waals surface area contributed by atoms with Gasteiger partial charge < -0.3 is 31.5 Å². The highest BCUT2D eigenvalue weighted by atomic mass is 19.2. The van der Waals surface area contributed by atoms with Gasteiger partial charge in [0, 0.05) is 41.6 Å². The lowest BCUT2D eigenvalue weighted by atomic mass is 9.59. The van der Waals surface area contributed by atoms with Crippen molar-refractivity contribution in [3.63, 3.8) is 0 Å². The van der Waals surface area contributed by atoms with Crippen molar-refractivity contribution < 1.29 is 43.6 Å². The number of carbonyl (C=O) groups is 3. The highest BCUT2D eigenvalue weighted by molar-refractivity contribution is 6.22. The Hall–Kier alpha value is -3.31. The number of phenolic OH excluding ortho intramolecular Hbond substituents is 1. The Bertz CT molecular complexity index is 1220. The van der Waals surface area contributed by atoms with E-state index in [0.29, 0.717) is 0 Å². The van der Waals surface area contributed by atoms with Gasteiger partial charge in [-0.2, -0.15) is 0 Å². The van der Waals surface area contributed by atoms with Crippen molar-refractivity contribution in [2.75, 3.05) is 0 Å². The van der Waals surface area contributed by atoms with Crippen LogP contribution in [-0.2, 0) is 27.3 Å². The Morgan fingerprint density at radius 3 is 2.41 bits per heavy atom. The average molecular weight is 478 g/mol. The highest BCUT2D eigenvalue weighted by Gasteiger charge is 2.60. The van der Waals surface area contributed by atoms with E-state index in [-0.39, 0.29) is 31.0 Å². The summed E-state index contributed by atoms with van der Waals surface area (Å²) in [5.41, 5.74) is -0.167. The predicted octanol–water partition coefficient (Wildman–Crippen LogP) is 1.20. The molecule has 182 valence electrons. The maximum atomic E-state index is 15.0. The lowest BCUT2D eigenvalue weighted by Crippen LogP contribution is -2.58. The summed E-state index contributed by atoms with van der Waals surface area (Å²) in [6, 6.07) is -0.136. The zero-order valence-corrected chi connectivity index (χ0v) is 18.4. The van der Waals surface area contributed by atoms with Crippen molar-refractivity contribution >= 4 is 23.2 Å². The van der Waals surface area contributed by atoms with Gasteiger partial charge in [-0.05, 0) is 18.8 Å². The first kappa shape index (κ1) is 23.8. The molecule has 11 heteroatoms. The number of phenols is 1. The van der Waals surface area contributed by atoms with Crippen LogP contribution in [0.4, 0.5) is 8.78 Å². The number of halogens is 2. The van der Waals surface area contributed by atoms with E-state index in [4.69, 9.17) is 5.73 Å². The monoisotopic (exact) mass is 478 g/mol. The summed E-state index contributed by atoms with van der Waals surface area (Å²) in [5, 5.41) is 46.2. The van der Waals surface area contributed by atoms with Gasteiger partial charge in [-0.3, -0.25) is 14.4 Å². The number of amides is 1. The van der Waals surface area contributed by atoms with Crippen molar-refractivity contribution in [1.82, 2.24) is 5.32 Å². The van der Waals surface area contributed by atoms with Crippen LogP contribution in [0.1, 0.15) is 43.4 Å². The number of hydrogen-bond donors (Lipinski definition) is 6. The molecule has 3 aliphatic carbocycles. The number of benzene rings is 1. The van der Waals surface area contributed by atoms with Crippen LogP contribution in [0.2, 0.25) is 0 Å². The van der Waals surface area contributed by atoms with Gasteiger partial charge in [0.15, 0.2) is 23.0 Å². The lowest BCUT2D eigenvalue weighted by molar-refractivity contribution is -0.147. The maximum absolute atomic E-state index is 15.0. The fraction of sp³-hybridized carbons (Fsp3) is 0.435. The van der Waals surface area contributed by atoms with E-state index < -0.39 is 92.5 Å². The Labute approximate surface area is 192 Å². The summed E-state index contributed by atoms with van der Waals surface area (Å²) >= 11 is 0. The fourth-order valence-electron chi connectivity index (χ4n) is 5.20. The molecule has 0 aromatic heterocycles. The van der Waals surface area contributed by atoms with Crippen molar-refractivity contribution in [2.45, 2.75) is 51.3 Å². The third-order valence-corrected chi connectivity index (χ3v) is 6.89. The second-order valence-corrected chi connectivity index (χ2v) is 9.25. The van der Waals surface area contributed by atoms with Crippen molar-refractivity contribution in [3.8, 4) is 5.75 Å². The number of ketones is 2. The number of Topliss-reactive ketones (excluding diaryl/α,β-unsaturated/α-hetero) is 2.